The van der Waals surface area contributed by atoms with Crippen molar-refractivity contribution in [3.63, 3.8) is 0 Å². The number of pyridine rings is 2. The minimum Gasteiger partial charge on any atom is -0.397 e. The molecule has 27 heavy (non-hydrogen) atoms. The second kappa shape index (κ2) is 7.15. The van der Waals surface area contributed by atoms with Crippen molar-refractivity contribution in [3.05, 3.63) is 52.3 Å². The molecule has 0 fully saturated rings. The summed E-state index contributed by atoms with van der Waals surface area (Å²) in [6.45, 7) is 3.71. The van der Waals surface area contributed by atoms with E-state index < -0.39 is 17.6 Å². The first-order chi connectivity index (χ1) is 12.7. The molecule has 9 heteroatoms. The van der Waals surface area contributed by atoms with Crippen LogP contribution < -0.4 is 11.1 Å². The minimum absolute atomic E-state index is 0.0211. The molecule has 0 radical (unpaired) electrons. The third-order valence-electron chi connectivity index (χ3n) is 4.00. The number of nitrogens with one attached hydrogen (secondary N) is 1. The van der Waals surface area contributed by atoms with E-state index in [4.69, 9.17) is 5.73 Å². The normalized spacial score (nSPS) is 11.9. The van der Waals surface area contributed by atoms with Gasteiger partial charge in [-0.2, -0.15) is 13.2 Å². The molecule has 0 aliphatic carbocycles. The van der Waals surface area contributed by atoms with Crippen LogP contribution in [0, 0.1) is 0 Å². The standard InChI is InChI=1S/C18H17F3N4OS/c1-9(2)12-6-11(18(19,20)21)13-14(22)15(27-17(13)25-12)16(26)24-8-10-4-3-5-23-7-10/h3-7,9H,8,22H2,1-2H3,(H,24,26). The molecule has 142 valence electrons. The number of halogens is 3. The first-order valence-electron chi connectivity index (χ1n) is 8.15. The van der Waals surface area contributed by atoms with E-state index in [0.717, 1.165) is 23.0 Å². The van der Waals surface area contributed by atoms with Crippen LogP contribution in [0.25, 0.3) is 10.2 Å². The van der Waals surface area contributed by atoms with Crippen LogP contribution in [0.1, 0.15) is 46.3 Å². The summed E-state index contributed by atoms with van der Waals surface area (Å²) in [5, 5.41) is 2.44. The lowest BCUT2D eigenvalue weighted by atomic mass is 10.0. The predicted octanol–water partition coefficient (Wildman–Crippen LogP) is 4.35. The molecule has 1 amide bonds. The molecule has 0 spiro atoms. The Labute approximate surface area is 157 Å². The molecule has 0 saturated carbocycles. The van der Waals surface area contributed by atoms with Gasteiger partial charge in [0.1, 0.15) is 9.71 Å². The van der Waals surface area contributed by atoms with Gasteiger partial charge in [0, 0.05) is 30.0 Å². The van der Waals surface area contributed by atoms with Crippen molar-refractivity contribution in [3.8, 4) is 0 Å². The van der Waals surface area contributed by atoms with Gasteiger partial charge in [-0.3, -0.25) is 9.78 Å². The number of amides is 1. The Hall–Kier alpha value is -2.68. The van der Waals surface area contributed by atoms with Gasteiger partial charge in [0.2, 0.25) is 0 Å². The molecular formula is C18H17F3N4OS. The number of rotatable bonds is 4. The SMILES string of the molecule is CC(C)c1cc(C(F)(F)F)c2c(N)c(C(=O)NCc3cccnc3)sc2n1. The van der Waals surface area contributed by atoms with Gasteiger partial charge in [0.15, 0.2) is 0 Å². The highest BCUT2D eigenvalue weighted by atomic mass is 32.1. The highest BCUT2D eigenvalue weighted by Crippen LogP contribution is 2.42. The fourth-order valence-corrected chi connectivity index (χ4v) is 3.64. The van der Waals surface area contributed by atoms with Crippen LogP contribution in [0.2, 0.25) is 0 Å². The maximum absolute atomic E-state index is 13.5. The van der Waals surface area contributed by atoms with Crippen molar-refractivity contribution in [2.24, 2.45) is 0 Å². The van der Waals surface area contributed by atoms with Gasteiger partial charge < -0.3 is 11.1 Å². The Bertz CT molecular complexity index is 984. The second-order valence-corrected chi connectivity index (χ2v) is 7.32. The summed E-state index contributed by atoms with van der Waals surface area (Å²) in [7, 11) is 0. The molecule has 0 aromatic carbocycles. The van der Waals surface area contributed by atoms with E-state index in [1.165, 1.54) is 0 Å². The van der Waals surface area contributed by atoms with Crippen LogP contribution in [0.5, 0.6) is 0 Å². The summed E-state index contributed by atoms with van der Waals surface area (Å²) in [5.74, 6) is -0.736. The topological polar surface area (TPSA) is 80.9 Å². The number of nitrogens with zero attached hydrogens (tertiary/aromatic N) is 2. The van der Waals surface area contributed by atoms with Crippen molar-refractivity contribution >= 4 is 33.1 Å². The third kappa shape index (κ3) is 3.87. The molecular weight excluding hydrogens is 377 g/mol. The summed E-state index contributed by atoms with van der Waals surface area (Å²) in [5.41, 5.74) is 5.93. The third-order valence-corrected chi connectivity index (χ3v) is 5.10. The maximum atomic E-state index is 13.5. The Morgan fingerprint density at radius 3 is 2.70 bits per heavy atom. The molecule has 3 aromatic rings. The van der Waals surface area contributed by atoms with Crippen LogP contribution in [-0.4, -0.2) is 15.9 Å². The molecule has 0 saturated heterocycles. The molecule has 0 aliphatic rings. The van der Waals surface area contributed by atoms with Crippen LogP contribution in [0.3, 0.4) is 0 Å². The van der Waals surface area contributed by atoms with Crippen molar-refractivity contribution in [2.45, 2.75) is 32.5 Å². The van der Waals surface area contributed by atoms with Crippen LogP contribution in [-0.2, 0) is 12.7 Å². The zero-order valence-corrected chi connectivity index (χ0v) is 15.4. The van der Waals surface area contributed by atoms with Gasteiger partial charge in [-0.25, -0.2) is 4.98 Å². The number of thiophene rings is 1. The highest BCUT2D eigenvalue weighted by Gasteiger charge is 2.36. The molecule has 0 aliphatic heterocycles. The quantitative estimate of drug-likeness (QED) is 0.690. The number of aromatic nitrogens is 2. The van der Waals surface area contributed by atoms with Gasteiger partial charge in [-0.15, -0.1) is 11.3 Å². The van der Waals surface area contributed by atoms with Gasteiger partial charge >= 0.3 is 6.18 Å². The van der Waals surface area contributed by atoms with E-state index in [0.29, 0.717) is 5.69 Å². The first kappa shape index (κ1) is 19.1. The lowest BCUT2D eigenvalue weighted by molar-refractivity contribution is -0.136. The van der Waals surface area contributed by atoms with Crippen LogP contribution in [0.15, 0.2) is 30.6 Å². The average molecular weight is 394 g/mol. The Morgan fingerprint density at radius 2 is 2.11 bits per heavy atom. The molecule has 3 aromatic heterocycles. The molecule has 3 rings (SSSR count). The predicted molar refractivity (Wildman–Crippen MR) is 98.5 cm³/mol. The Morgan fingerprint density at radius 1 is 1.37 bits per heavy atom. The molecule has 5 nitrogen and oxygen atoms in total. The number of anilines is 1. The zero-order chi connectivity index (χ0) is 19.8. The van der Waals surface area contributed by atoms with E-state index in [-0.39, 0.29) is 33.2 Å². The van der Waals surface area contributed by atoms with Crippen LogP contribution in [0.4, 0.5) is 18.9 Å². The smallest absolute Gasteiger partial charge is 0.397 e. The van der Waals surface area contributed by atoms with Gasteiger partial charge in [-0.1, -0.05) is 19.9 Å². The maximum Gasteiger partial charge on any atom is 0.417 e. The average Bonchev–Trinajstić information content (AvgIpc) is 2.96. The van der Waals surface area contributed by atoms with Gasteiger partial charge in [0.05, 0.1) is 11.3 Å². The van der Waals surface area contributed by atoms with Crippen molar-refractivity contribution in [1.29, 1.82) is 0 Å². The van der Waals surface area contributed by atoms with E-state index in [9.17, 15) is 18.0 Å². The fraction of sp³-hybridized carbons (Fsp3) is 0.278. The lowest BCUT2D eigenvalue weighted by Crippen LogP contribution is -2.22. The first-order valence-corrected chi connectivity index (χ1v) is 8.97. The van der Waals surface area contributed by atoms with Crippen molar-refractivity contribution < 1.29 is 18.0 Å². The summed E-state index contributed by atoms with van der Waals surface area (Å²) < 4.78 is 40.6. The van der Waals surface area contributed by atoms with Gasteiger partial charge in [-0.05, 0) is 23.6 Å². The summed E-state index contributed by atoms with van der Waals surface area (Å²) in [6.07, 6.45) is -1.40. The van der Waals surface area contributed by atoms with Crippen LogP contribution >= 0.6 is 11.3 Å². The van der Waals surface area contributed by atoms with Crippen molar-refractivity contribution in [1.82, 2.24) is 15.3 Å². The number of nitrogen functional groups attached to an aromatic ring is 1. The van der Waals surface area contributed by atoms with E-state index in [2.05, 4.69) is 15.3 Å². The lowest BCUT2D eigenvalue weighted by Gasteiger charge is -2.12. The number of carbonyl (C=O) groups is 1. The zero-order valence-electron chi connectivity index (χ0n) is 14.6. The Kier molecular flexibility index (Phi) is 5.05. The molecule has 3 N–H and O–H groups in total. The number of hydrogen-bond donors (Lipinski definition) is 2. The molecule has 3 heterocycles. The fourth-order valence-electron chi connectivity index (χ4n) is 2.59. The van der Waals surface area contributed by atoms with E-state index in [1.54, 1.807) is 38.4 Å². The second-order valence-electron chi connectivity index (χ2n) is 6.32. The number of alkyl halides is 3. The number of carbonyl (C=O) groups excluding carboxylic acids is 1. The monoisotopic (exact) mass is 394 g/mol. The largest absolute Gasteiger partial charge is 0.417 e. The molecule has 0 unspecified atom stereocenters. The minimum atomic E-state index is -4.59. The Balaban J connectivity index is 2.02. The van der Waals surface area contributed by atoms with Gasteiger partial charge in [0.25, 0.3) is 5.91 Å². The number of nitrogens with two attached hydrogens (primary N) is 1. The summed E-state index contributed by atoms with van der Waals surface area (Å²) in [4.78, 5) is 20.8. The summed E-state index contributed by atoms with van der Waals surface area (Å²) in [6, 6.07) is 4.51. The number of fused-ring (bicyclic) bond motifs is 1. The van der Waals surface area contributed by atoms with E-state index >= 15 is 0 Å². The highest BCUT2D eigenvalue weighted by molar-refractivity contribution is 7.21. The number of hydrogen-bond acceptors (Lipinski definition) is 5. The molecule has 0 bridgehead atoms. The van der Waals surface area contributed by atoms with E-state index in [1.807, 2.05) is 0 Å². The van der Waals surface area contributed by atoms with Crippen molar-refractivity contribution in [2.75, 3.05) is 5.73 Å². The molecule has 0 atom stereocenters. The summed E-state index contributed by atoms with van der Waals surface area (Å²) >= 11 is 0.865.